The van der Waals surface area contributed by atoms with Crippen LogP contribution in [0.2, 0.25) is 0 Å². The van der Waals surface area contributed by atoms with Crippen LogP contribution in [0.25, 0.3) is 22.2 Å². The fourth-order valence-corrected chi connectivity index (χ4v) is 2.54. The lowest BCUT2D eigenvalue weighted by Gasteiger charge is -2.06. The molecule has 2 nitrogen and oxygen atoms in total. The van der Waals surface area contributed by atoms with E-state index in [9.17, 15) is 0 Å². The fraction of sp³-hybridized carbons (Fsp3) is 0.188. The summed E-state index contributed by atoms with van der Waals surface area (Å²) in [6, 6.07) is 12.7. The van der Waals surface area contributed by atoms with Crippen molar-refractivity contribution >= 4 is 22.6 Å². The van der Waals surface area contributed by atoms with Gasteiger partial charge in [0.25, 0.3) is 0 Å². The first kappa shape index (κ1) is 12.2. The monoisotopic (exact) mass is 270 g/mol. The second-order valence-electron chi connectivity index (χ2n) is 4.87. The first-order valence-electron chi connectivity index (χ1n) is 6.26. The average Bonchev–Trinajstić information content (AvgIpc) is 2.80. The Balaban J connectivity index is 2.23. The van der Waals surface area contributed by atoms with Crippen LogP contribution < -0.4 is 0 Å². The van der Waals surface area contributed by atoms with E-state index in [0.717, 1.165) is 16.6 Å². The number of hydrogen-bond acceptors (Lipinski definition) is 1. The summed E-state index contributed by atoms with van der Waals surface area (Å²) in [5.41, 5.74) is 6.95. The predicted molar refractivity (Wildman–Crippen MR) is 80.4 cm³/mol. The van der Waals surface area contributed by atoms with Crippen molar-refractivity contribution in [1.82, 2.24) is 9.55 Å². The molecular weight excluding hydrogens is 256 g/mol. The highest BCUT2D eigenvalue weighted by molar-refractivity contribution is 6.17. The molecule has 0 spiro atoms. The quantitative estimate of drug-likeness (QED) is 0.635. The van der Waals surface area contributed by atoms with Gasteiger partial charge in [-0.2, -0.15) is 0 Å². The van der Waals surface area contributed by atoms with Crippen molar-refractivity contribution in [3.63, 3.8) is 0 Å². The van der Waals surface area contributed by atoms with Crippen LogP contribution in [0, 0.1) is 6.92 Å². The zero-order valence-corrected chi connectivity index (χ0v) is 11.8. The van der Waals surface area contributed by atoms with Crippen molar-refractivity contribution in [3.05, 3.63) is 53.9 Å². The highest BCUT2D eigenvalue weighted by Gasteiger charge is 2.09. The molecule has 3 aromatic rings. The van der Waals surface area contributed by atoms with Crippen LogP contribution >= 0.6 is 11.6 Å². The molecule has 2 aromatic carbocycles. The van der Waals surface area contributed by atoms with Crippen LogP contribution in [0.5, 0.6) is 0 Å². The minimum atomic E-state index is 0.549. The lowest BCUT2D eigenvalue weighted by Crippen LogP contribution is -1.88. The number of alkyl halides is 1. The maximum absolute atomic E-state index is 5.83. The Labute approximate surface area is 117 Å². The van der Waals surface area contributed by atoms with Crippen molar-refractivity contribution in [2.75, 3.05) is 0 Å². The van der Waals surface area contributed by atoms with E-state index in [1.165, 1.54) is 16.7 Å². The van der Waals surface area contributed by atoms with Crippen molar-refractivity contribution in [3.8, 4) is 11.1 Å². The molecule has 1 heterocycles. The van der Waals surface area contributed by atoms with E-state index in [1.54, 1.807) is 0 Å². The van der Waals surface area contributed by atoms with E-state index in [0.29, 0.717) is 5.88 Å². The van der Waals surface area contributed by atoms with Gasteiger partial charge in [-0.25, -0.2) is 4.98 Å². The summed E-state index contributed by atoms with van der Waals surface area (Å²) in [5, 5.41) is 0. The van der Waals surface area contributed by atoms with E-state index >= 15 is 0 Å². The molecule has 0 amide bonds. The summed E-state index contributed by atoms with van der Waals surface area (Å²) >= 11 is 5.83. The number of rotatable bonds is 2. The SMILES string of the molecule is Cc1cc(-c2ccc(CCl)cc2)c2ncn(C)c2c1. The number of halogens is 1. The smallest absolute Gasteiger partial charge is 0.0963 e. The van der Waals surface area contributed by atoms with Gasteiger partial charge in [-0.15, -0.1) is 11.6 Å². The Kier molecular flexibility index (Phi) is 3.03. The Bertz CT molecular complexity index is 726. The first-order chi connectivity index (χ1) is 9.19. The standard InChI is InChI=1S/C16H15ClN2/c1-11-7-14(13-5-3-12(9-17)4-6-13)16-15(8-11)19(2)10-18-16/h3-8,10H,9H2,1-2H3. The summed E-state index contributed by atoms with van der Waals surface area (Å²) in [6.07, 6.45) is 1.86. The molecule has 0 saturated carbocycles. The summed E-state index contributed by atoms with van der Waals surface area (Å²) in [5.74, 6) is 0.549. The molecule has 0 atom stereocenters. The second kappa shape index (κ2) is 4.71. The zero-order valence-electron chi connectivity index (χ0n) is 11.0. The lowest BCUT2D eigenvalue weighted by molar-refractivity contribution is 0.947. The molecule has 0 N–H and O–H groups in total. The van der Waals surface area contributed by atoms with Crippen molar-refractivity contribution < 1.29 is 0 Å². The van der Waals surface area contributed by atoms with Crippen LogP contribution in [0.1, 0.15) is 11.1 Å². The van der Waals surface area contributed by atoms with Crippen molar-refractivity contribution in [1.29, 1.82) is 0 Å². The Hall–Kier alpha value is -1.80. The molecule has 0 fully saturated rings. The molecule has 0 bridgehead atoms. The third-order valence-corrected chi connectivity index (χ3v) is 3.70. The molecule has 0 saturated heterocycles. The third-order valence-electron chi connectivity index (χ3n) is 3.39. The van der Waals surface area contributed by atoms with Crippen LogP contribution in [0.4, 0.5) is 0 Å². The van der Waals surface area contributed by atoms with Gasteiger partial charge in [0, 0.05) is 18.5 Å². The second-order valence-corrected chi connectivity index (χ2v) is 5.13. The molecule has 96 valence electrons. The van der Waals surface area contributed by atoms with Crippen LogP contribution in [0.3, 0.4) is 0 Å². The van der Waals surface area contributed by atoms with Crippen LogP contribution in [-0.2, 0) is 12.9 Å². The molecular formula is C16H15ClN2. The third kappa shape index (κ3) is 2.13. The largest absolute Gasteiger partial charge is 0.334 e. The molecule has 3 heteroatoms. The van der Waals surface area contributed by atoms with Gasteiger partial charge in [0.1, 0.15) is 0 Å². The number of benzene rings is 2. The molecule has 0 unspecified atom stereocenters. The molecule has 0 aliphatic rings. The summed E-state index contributed by atoms with van der Waals surface area (Å²) < 4.78 is 2.05. The Morgan fingerprint density at radius 1 is 1.16 bits per heavy atom. The van der Waals surface area contributed by atoms with Crippen molar-refractivity contribution in [2.24, 2.45) is 7.05 Å². The van der Waals surface area contributed by atoms with Gasteiger partial charge in [-0.05, 0) is 35.7 Å². The van der Waals surface area contributed by atoms with Crippen molar-refractivity contribution in [2.45, 2.75) is 12.8 Å². The van der Waals surface area contributed by atoms with Gasteiger partial charge in [0.05, 0.1) is 17.4 Å². The molecule has 0 radical (unpaired) electrons. The van der Waals surface area contributed by atoms with Gasteiger partial charge in [0.2, 0.25) is 0 Å². The number of aryl methyl sites for hydroxylation is 2. The topological polar surface area (TPSA) is 17.8 Å². The molecule has 0 aliphatic heterocycles. The normalized spacial score (nSPS) is 11.1. The molecule has 1 aromatic heterocycles. The van der Waals surface area contributed by atoms with E-state index in [4.69, 9.17) is 11.6 Å². The highest BCUT2D eigenvalue weighted by Crippen LogP contribution is 2.29. The maximum Gasteiger partial charge on any atom is 0.0963 e. The van der Waals surface area contributed by atoms with E-state index in [1.807, 2.05) is 13.4 Å². The predicted octanol–water partition coefficient (Wildman–Crippen LogP) is 4.29. The average molecular weight is 271 g/mol. The van der Waals surface area contributed by atoms with E-state index in [2.05, 4.69) is 52.9 Å². The van der Waals surface area contributed by atoms with Gasteiger partial charge < -0.3 is 4.57 Å². The molecule has 0 aliphatic carbocycles. The lowest BCUT2D eigenvalue weighted by atomic mass is 10.0. The maximum atomic E-state index is 5.83. The number of imidazole rings is 1. The van der Waals surface area contributed by atoms with Gasteiger partial charge >= 0.3 is 0 Å². The number of aromatic nitrogens is 2. The summed E-state index contributed by atoms with van der Waals surface area (Å²) in [4.78, 5) is 4.52. The summed E-state index contributed by atoms with van der Waals surface area (Å²) in [6.45, 7) is 2.11. The number of hydrogen-bond donors (Lipinski definition) is 0. The molecule has 19 heavy (non-hydrogen) atoms. The molecule has 3 rings (SSSR count). The van der Waals surface area contributed by atoms with Crippen LogP contribution in [-0.4, -0.2) is 9.55 Å². The Morgan fingerprint density at radius 3 is 2.58 bits per heavy atom. The van der Waals surface area contributed by atoms with Crippen LogP contribution in [0.15, 0.2) is 42.7 Å². The van der Waals surface area contributed by atoms with E-state index < -0.39 is 0 Å². The highest BCUT2D eigenvalue weighted by atomic mass is 35.5. The minimum Gasteiger partial charge on any atom is -0.334 e. The number of fused-ring (bicyclic) bond motifs is 1. The van der Waals surface area contributed by atoms with E-state index in [-0.39, 0.29) is 0 Å². The van der Waals surface area contributed by atoms with Gasteiger partial charge in [-0.1, -0.05) is 24.3 Å². The fourth-order valence-electron chi connectivity index (χ4n) is 2.36. The van der Waals surface area contributed by atoms with Gasteiger partial charge in [-0.3, -0.25) is 0 Å². The minimum absolute atomic E-state index is 0.549. The zero-order chi connectivity index (χ0) is 13.4. The Morgan fingerprint density at radius 2 is 1.89 bits per heavy atom. The summed E-state index contributed by atoms with van der Waals surface area (Å²) in [7, 11) is 2.02. The first-order valence-corrected chi connectivity index (χ1v) is 6.79. The van der Waals surface area contributed by atoms with Gasteiger partial charge in [0.15, 0.2) is 0 Å². The number of nitrogens with zero attached hydrogens (tertiary/aromatic N) is 2.